The van der Waals surface area contributed by atoms with Gasteiger partial charge in [-0.05, 0) is 60.9 Å². The third kappa shape index (κ3) is 3.86. The zero-order chi connectivity index (χ0) is 24.8. The van der Waals surface area contributed by atoms with E-state index in [2.05, 4.69) is 5.32 Å². The van der Waals surface area contributed by atoms with Gasteiger partial charge in [0.25, 0.3) is 17.4 Å². The fourth-order valence-corrected chi connectivity index (χ4v) is 5.43. The topological polar surface area (TPSA) is 99.1 Å². The quantitative estimate of drug-likeness (QED) is 0.607. The number of pyridine rings is 1. The number of hydrogen-bond donors (Lipinski definition) is 1. The van der Waals surface area contributed by atoms with Crippen molar-refractivity contribution in [1.29, 1.82) is 0 Å². The SMILES string of the molecule is COc1ccc(C(=O)N2C[C@@H]3C[C@H](C2)c2c(NC(=O)c4ccc5c(c4)OCO5)ccc(=O)n2C3)cc1. The molecular weight excluding hydrogens is 462 g/mol. The highest BCUT2D eigenvalue weighted by Crippen LogP contribution is 2.39. The van der Waals surface area contributed by atoms with Crippen LogP contribution in [-0.4, -0.2) is 48.3 Å². The van der Waals surface area contributed by atoms with Gasteiger partial charge >= 0.3 is 0 Å². The smallest absolute Gasteiger partial charge is 0.255 e. The Hall–Kier alpha value is -4.27. The van der Waals surface area contributed by atoms with Crippen molar-refractivity contribution in [3.05, 3.63) is 81.8 Å². The van der Waals surface area contributed by atoms with E-state index >= 15 is 0 Å². The van der Waals surface area contributed by atoms with Crippen LogP contribution in [0.5, 0.6) is 17.2 Å². The van der Waals surface area contributed by atoms with Crippen LogP contribution in [0.25, 0.3) is 0 Å². The number of ether oxygens (including phenoxy) is 3. The molecule has 2 aromatic carbocycles. The maximum Gasteiger partial charge on any atom is 0.255 e. The van der Waals surface area contributed by atoms with Crippen LogP contribution >= 0.6 is 0 Å². The van der Waals surface area contributed by atoms with Crippen LogP contribution < -0.4 is 25.1 Å². The molecule has 2 amide bonds. The molecule has 0 aliphatic carbocycles. The molecule has 0 spiro atoms. The molecule has 2 bridgehead atoms. The maximum absolute atomic E-state index is 13.3. The van der Waals surface area contributed by atoms with Crippen molar-refractivity contribution in [3.63, 3.8) is 0 Å². The van der Waals surface area contributed by atoms with Crippen LogP contribution in [0.1, 0.15) is 38.7 Å². The standard InChI is InChI=1S/C27H25N3O6/c1-34-20-5-2-17(3-6-20)27(33)29-12-16-10-19(14-29)25-21(7-9-24(31)30(25)13-16)28-26(32)18-4-8-22-23(11-18)36-15-35-22/h2-9,11,16,19H,10,12-15H2,1H3,(H,28,32)/t16-,19+/m0/s1. The Morgan fingerprint density at radius 1 is 0.944 bits per heavy atom. The van der Waals surface area contributed by atoms with Crippen molar-refractivity contribution in [2.24, 2.45) is 5.92 Å². The monoisotopic (exact) mass is 487 g/mol. The minimum absolute atomic E-state index is 0.0509. The third-order valence-electron chi connectivity index (χ3n) is 7.10. The number of anilines is 1. The molecule has 36 heavy (non-hydrogen) atoms. The first-order chi connectivity index (χ1) is 17.5. The Bertz CT molecular complexity index is 1410. The van der Waals surface area contributed by atoms with E-state index in [-0.39, 0.29) is 36.0 Å². The fourth-order valence-electron chi connectivity index (χ4n) is 5.43. The van der Waals surface area contributed by atoms with Crippen LogP contribution in [0.2, 0.25) is 0 Å². The largest absolute Gasteiger partial charge is 0.497 e. The summed E-state index contributed by atoms with van der Waals surface area (Å²) in [5, 5.41) is 2.98. The predicted molar refractivity (Wildman–Crippen MR) is 131 cm³/mol. The summed E-state index contributed by atoms with van der Waals surface area (Å²) in [7, 11) is 1.59. The molecular formula is C27H25N3O6. The Morgan fingerprint density at radius 3 is 2.53 bits per heavy atom. The first kappa shape index (κ1) is 22.2. The second-order valence-corrected chi connectivity index (χ2v) is 9.34. The van der Waals surface area contributed by atoms with E-state index in [0.717, 1.165) is 12.1 Å². The van der Waals surface area contributed by atoms with Crippen LogP contribution in [0, 0.1) is 5.92 Å². The van der Waals surface area contributed by atoms with E-state index in [0.29, 0.717) is 53.7 Å². The zero-order valence-electron chi connectivity index (χ0n) is 19.7. The van der Waals surface area contributed by atoms with Crippen molar-refractivity contribution in [1.82, 2.24) is 9.47 Å². The van der Waals surface area contributed by atoms with E-state index < -0.39 is 0 Å². The minimum atomic E-state index is -0.307. The highest BCUT2D eigenvalue weighted by Gasteiger charge is 2.38. The van der Waals surface area contributed by atoms with Gasteiger partial charge in [0.05, 0.1) is 12.8 Å². The molecule has 3 aliphatic rings. The second kappa shape index (κ2) is 8.75. The number of carbonyl (C=O) groups is 2. The van der Waals surface area contributed by atoms with E-state index in [1.54, 1.807) is 60.2 Å². The van der Waals surface area contributed by atoms with Crippen LogP contribution in [0.4, 0.5) is 5.69 Å². The maximum atomic E-state index is 13.3. The van der Waals surface area contributed by atoms with Crippen molar-refractivity contribution < 1.29 is 23.8 Å². The average Bonchev–Trinajstić information content (AvgIpc) is 3.38. The van der Waals surface area contributed by atoms with Gasteiger partial charge in [-0.2, -0.15) is 0 Å². The molecule has 9 heteroatoms. The Kier molecular flexibility index (Phi) is 5.40. The van der Waals surface area contributed by atoms with Gasteiger partial charge in [-0.1, -0.05) is 0 Å². The molecule has 2 atom stereocenters. The van der Waals surface area contributed by atoms with Crippen molar-refractivity contribution >= 4 is 17.5 Å². The summed E-state index contributed by atoms with van der Waals surface area (Å²) in [6, 6.07) is 15.2. The number of fused-ring (bicyclic) bond motifs is 5. The Labute approximate surface area is 207 Å². The van der Waals surface area contributed by atoms with Gasteiger partial charge in [-0.15, -0.1) is 0 Å². The van der Waals surface area contributed by atoms with E-state index in [9.17, 15) is 14.4 Å². The van der Waals surface area contributed by atoms with Gasteiger partial charge in [0.15, 0.2) is 11.5 Å². The van der Waals surface area contributed by atoms with Crippen LogP contribution in [0.3, 0.4) is 0 Å². The van der Waals surface area contributed by atoms with Crippen LogP contribution in [0.15, 0.2) is 59.4 Å². The molecule has 4 heterocycles. The molecule has 0 saturated carbocycles. The molecule has 1 aromatic heterocycles. The molecule has 1 saturated heterocycles. The Morgan fingerprint density at radius 2 is 1.72 bits per heavy atom. The highest BCUT2D eigenvalue weighted by molar-refractivity contribution is 6.05. The lowest BCUT2D eigenvalue weighted by molar-refractivity contribution is 0.0595. The molecule has 3 aromatic rings. The summed E-state index contributed by atoms with van der Waals surface area (Å²) in [5.41, 5.74) is 2.27. The molecule has 1 fully saturated rings. The molecule has 3 aliphatic heterocycles. The normalized spacial score (nSPS) is 19.4. The van der Waals surface area contributed by atoms with E-state index in [1.165, 1.54) is 6.07 Å². The van der Waals surface area contributed by atoms with Gasteiger partial charge in [-0.3, -0.25) is 14.4 Å². The van der Waals surface area contributed by atoms with E-state index in [4.69, 9.17) is 14.2 Å². The summed E-state index contributed by atoms with van der Waals surface area (Å²) in [4.78, 5) is 41.0. The number of aromatic nitrogens is 1. The predicted octanol–water partition coefficient (Wildman–Crippen LogP) is 3.10. The lowest BCUT2D eigenvalue weighted by Crippen LogP contribution is -2.49. The van der Waals surface area contributed by atoms with Gasteiger partial charge in [-0.25, -0.2) is 0 Å². The highest BCUT2D eigenvalue weighted by atomic mass is 16.7. The molecule has 184 valence electrons. The number of nitrogens with one attached hydrogen (secondary N) is 1. The molecule has 0 unspecified atom stereocenters. The molecule has 9 nitrogen and oxygen atoms in total. The van der Waals surface area contributed by atoms with Gasteiger partial charge in [0.2, 0.25) is 6.79 Å². The van der Waals surface area contributed by atoms with Gasteiger partial charge < -0.3 is 29.0 Å². The summed E-state index contributed by atoms with van der Waals surface area (Å²) in [5.74, 6) is 1.56. The summed E-state index contributed by atoms with van der Waals surface area (Å²) >= 11 is 0. The van der Waals surface area contributed by atoms with Gasteiger partial charge in [0, 0.05) is 48.4 Å². The van der Waals surface area contributed by atoms with Crippen molar-refractivity contribution in [3.8, 4) is 17.2 Å². The second-order valence-electron chi connectivity index (χ2n) is 9.34. The van der Waals surface area contributed by atoms with Crippen LogP contribution in [-0.2, 0) is 6.54 Å². The van der Waals surface area contributed by atoms with E-state index in [1.807, 2.05) is 4.90 Å². The number of piperidine rings is 1. The fraction of sp³-hybridized carbons (Fsp3) is 0.296. The van der Waals surface area contributed by atoms with Crippen molar-refractivity contribution in [2.75, 3.05) is 32.3 Å². The third-order valence-corrected chi connectivity index (χ3v) is 7.10. The lowest BCUT2D eigenvalue weighted by Gasteiger charge is -2.43. The number of likely N-dealkylation sites (tertiary alicyclic amines) is 1. The number of hydrogen-bond acceptors (Lipinski definition) is 6. The molecule has 1 N–H and O–H groups in total. The lowest BCUT2D eigenvalue weighted by atomic mass is 9.82. The zero-order valence-corrected chi connectivity index (χ0v) is 19.7. The molecule has 0 radical (unpaired) electrons. The number of carbonyl (C=O) groups excluding carboxylic acids is 2. The first-order valence-electron chi connectivity index (χ1n) is 11.9. The number of benzene rings is 2. The van der Waals surface area contributed by atoms with Crippen molar-refractivity contribution in [2.45, 2.75) is 18.9 Å². The number of rotatable bonds is 4. The number of methoxy groups -OCH3 is 1. The first-order valence-corrected chi connectivity index (χ1v) is 11.9. The summed E-state index contributed by atoms with van der Waals surface area (Å²) in [6.45, 7) is 1.69. The number of nitrogens with zero attached hydrogens (tertiary/aromatic N) is 2. The van der Waals surface area contributed by atoms with Gasteiger partial charge in [0.1, 0.15) is 5.75 Å². The summed E-state index contributed by atoms with van der Waals surface area (Å²) < 4.78 is 17.7. The number of amides is 2. The minimum Gasteiger partial charge on any atom is -0.497 e. The Balaban J connectivity index is 1.27. The average molecular weight is 488 g/mol. The molecule has 6 rings (SSSR count). The summed E-state index contributed by atoms with van der Waals surface area (Å²) in [6.07, 6.45) is 0.850.